The predicted molar refractivity (Wildman–Crippen MR) is 59.3 cm³/mol. The van der Waals surface area contributed by atoms with E-state index >= 15 is 0 Å². The molecule has 0 bridgehead atoms. The third-order valence-electron chi connectivity index (χ3n) is 2.23. The second-order valence-corrected chi connectivity index (χ2v) is 5.51. The molecule has 0 radical (unpaired) electrons. The molecule has 1 aliphatic heterocycles. The van der Waals surface area contributed by atoms with E-state index in [9.17, 15) is 9.46 Å². The lowest BCUT2D eigenvalue weighted by molar-refractivity contribution is -0.165. The van der Waals surface area contributed by atoms with Gasteiger partial charge < -0.3 is 14.4 Å². The number of ether oxygens (including phenoxy) is 2. The van der Waals surface area contributed by atoms with Crippen molar-refractivity contribution in [3.63, 3.8) is 0 Å². The summed E-state index contributed by atoms with van der Waals surface area (Å²) in [7, 11) is -3.48. The maximum absolute atomic E-state index is 11.2. The maximum Gasteiger partial charge on any atom is 0.341 e. The van der Waals surface area contributed by atoms with Crippen molar-refractivity contribution in [2.75, 3.05) is 39.6 Å². The van der Waals surface area contributed by atoms with E-state index in [-0.39, 0.29) is 6.04 Å². The van der Waals surface area contributed by atoms with Crippen LogP contribution < -0.4 is 0 Å². The molecule has 1 heterocycles. The zero-order chi connectivity index (χ0) is 12.0. The molecule has 0 aromatic heterocycles. The molecule has 2 atom stereocenters. The van der Waals surface area contributed by atoms with Gasteiger partial charge in [0.1, 0.15) is 0 Å². The molecule has 0 spiro atoms. The molecule has 6 nitrogen and oxygen atoms in total. The summed E-state index contributed by atoms with van der Waals surface area (Å²) in [6, 6.07) is -0.0132. The Balaban J connectivity index is 2.40. The molecule has 0 aromatic rings. The molecule has 0 aromatic carbocycles. The lowest BCUT2D eigenvalue weighted by Gasteiger charge is -2.34. The summed E-state index contributed by atoms with van der Waals surface area (Å²) in [5, 5.41) is 1.54. The van der Waals surface area contributed by atoms with E-state index in [1.54, 1.807) is 5.06 Å². The predicted octanol–water partition coefficient (Wildman–Crippen LogP) is 0.861. The lowest BCUT2D eigenvalue weighted by Crippen LogP contribution is -2.45. The zero-order valence-corrected chi connectivity index (χ0v) is 10.7. The van der Waals surface area contributed by atoms with Gasteiger partial charge in [0.05, 0.1) is 19.3 Å². The lowest BCUT2D eigenvalue weighted by atomic mass is 10.2. The quantitative estimate of drug-likeness (QED) is 0.559. The van der Waals surface area contributed by atoms with Crippen LogP contribution in [-0.2, 0) is 18.7 Å². The van der Waals surface area contributed by atoms with E-state index in [4.69, 9.17) is 14.1 Å². The monoisotopic (exact) mass is 253 g/mol. The summed E-state index contributed by atoms with van der Waals surface area (Å²) in [5.41, 5.74) is 0. The Morgan fingerprint density at radius 1 is 1.62 bits per heavy atom. The van der Waals surface area contributed by atoms with Gasteiger partial charge in [0, 0.05) is 26.4 Å². The van der Waals surface area contributed by atoms with Crippen LogP contribution in [0.2, 0.25) is 0 Å². The minimum atomic E-state index is -3.48. The van der Waals surface area contributed by atoms with Crippen LogP contribution in [-0.4, -0.2) is 55.6 Å². The minimum absolute atomic E-state index is 0.0132. The summed E-state index contributed by atoms with van der Waals surface area (Å²) in [5.74, 6) is 0. The summed E-state index contributed by atoms with van der Waals surface area (Å²) in [6.07, 6.45) is 0.730. The Hall–Kier alpha value is 0.0300. The second kappa shape index (κ2) is 6.69. The van der Waals surface area contributed by atoms with Crippen molar-refractivity contribution in [1.82, 2.24) is 5.06 Å². The molecule has 96 valence electrons. The van der Waals surface area contributed by atoms with Crippen molar-refractivity contribution in [3.05, 3.63) is 0 Å². The van der Waals surface area contributed by atoms with Crippen LogP contribution in [0.4, 0.5) is 0 Å². The summed E-state index contributed by atoms with van der Waals surface area (Å²) < 4.78 is 26.8. The average molecular weight is 253 g/mol. The van der Waals surface area contributed by atoms with Crippen LogP contribution in [0.25, 0.3) is 0 Å². The van der Waals surface area contributed by atoms with Crippen LogP contribution in [0.15, 0.2) is 0 Å². The highest BCUT2D eigenvalue weighted by atomic mass is 31.2. The van der Waals surface area contributed by atoms with Gasteiger partial charge in [0.25, 0.3) is 0 Å². The number of hydroxylamine groups is 2. The highest BCUT2D eigenvalue weighted by molar-refractivity contribution is 7.51. The average Bonchev–Trinajstić information content (AvgIpc) is 2.19. The first-order valence-electron chi connectivity index (χ1n) is 5.45. The molecule has 0 saturated carbocycles. The Bertz CT molecular complexity index is 244. The van der Waals surface area contributed by atoms with E-state index in [2.05, 4.69) is 0 Å². The number of hydrogen-bond donors (Lipinski definition) is 1. The topological polar surface area (TPSA) is 68.2 Å². The van der Waals surface area contributed by atoms with Gasteiger partial charge in [0.15, 0.2) is 0 Å². The fourth-order valence-electron chi connectivity index (χ4n) is 1.53. The first-order chi connectivity index (χ1) is 7.53. The largest absolute Gasteiger partial charge is 0.382 e. The number of rotatable bonds is 6. The first-order valence-corrected chi connectivity index (χ1v) is 7.47. The van der Waals surface area contributed by atoms with Crippen LogP contribution in [0, 0.1) is 0 Å². The highest BCUT2D eigenvalue weighted by Gasteiger charge is 2.28. The van der Waals surface area contributed by atoms with Gasteiger partial charge in [-0.05, 0) is 13.3 Å². The Kier molecular flexibility index (Phi) is 5.89. The third kappa shape index (κ3) is 5.39. The van der Waals surface area contributed by atoms with E-state index in [0.29, 0.717) is 33.0 Å². The van der Waals surface area contributed by atoms with E-state index in [1.165, 1.54) is 6.66 Å². The van der Waals surface area contributed by atoms with Gasteiger partial charge >= 0.3 is 7.60 Å². The Labute approximate surface area is 96.0 Å². The van der Waals surface area contributed by atoms with E-state index in [1.807, 2.05) is 6.92 Å². The third-order valence-corrected chi connectivity index (χ3v) is 2.74. The van der Waals surface area contributed by atoms with Crippen molar-refractivity contribution < 1.29 is 23.6 Å². The number of morpholine rings is 1. The summed E-state index contributed by atoms with van der Waals surface area (Å²) in [4.78, 5) is 9.18. The van der Waals surface area contributed by atoms with Gasteiger partial charge in [-0.25, -0.2) is 4.62 Å². The molecule has 2 unspecified atom stereocenters. The number of hydrogen-bond acceptors (Lipinski definition) is 5. The van der Waals surface area contributed by atoms with Crippen molar-refractivity contribution >= 4 is 7.60 Å². The summed E-state index contributed by atoms with van der Waals surface area (Å²) in [6.45, 7) is 5.92. The second-order valence-electron chi connectivity index (χ2n) is 3.74. The van der Waals surface area contributed by atoms with Gasteiger partial charge in [0.2, 0.25) is 0 Å². The van der Waals surface area contributed by atoms with E-state index in [0.717, 1.165) is 6.42 Å². The van der Waals surface area contributed by atoms with Crippen LogP contribution in [0.1, 0.15) is 13.3 Å². The standard InChI is InChI=1S/C9H20NO5P/c1-3-13-6-4-9-8-14-7-5-10(9)15-16(2,11)12/h9H,3-8H2,1-2H3,(H,11,12). The zero-order valence-electron chi connectivity index (χ0n) is 9.79. The highest BCUT2D eigenvalue weighted by Crippen LogP contribution is 2.39. The van der Waals surface area contributed by atoms with Crippen molar-refractivity contribution in [2.45, 2.75) is 19.4 Å². The van der Waals surface area contributed by atoms with Crippen LogP contribution in [0.5, 0.6) is 0 Å². The molecular weight excluding hydrogens is 233 g/mol. The Morgan fingerprint density at radius 2 is 2.38 bits per heavy atom. The van der Waals surface area contributed by atoms with Crippen molar-refractivity contribution in [2.24, 2.45) is 0 Å². The smallest absolute Gasteiger partial charge is 0.341 e. The normalized spacial score (nSPS) is 26.6. The van der Waals surface area contributed by atoms with Gasteiger partial charge in [-0.15, -0.1) is 0 Å². The van der Waals surface area contributed by atoms with Crippen LogP contribution >= 0.6 is 7.60 Å². The fourth-order valence-corrected chi connectivity index (χ4v) is 2.14. The van der Waals surface area contributed by atoms with Crippen LogP contribution in [0.3, 0.4) is 0 Å². The molecule has 1 N–H and O–H groups in total. The molecule has 1 saturated heterocycles. The van der Waals surface area contributed by atoms with Crippen molar-refractivity contribution in [3.8, 4) is 0 Å². The maximum atomic E-state index is 11.2. The molecular formula is C9H20NO5P. The van der Waals surface area contributed by atoms with E-state index < -0.39 is 7.60 Å². The minimum Gasteiger partial charge on any atom is -0.382 e. The molecule has 0 amide bonds. The molecule has 1 fully saturated rings. The Morgan fingerprint density at radius 3 is 3.00 bits per heavy atom. The van der Waals surface area contributed by atoms with Gasteiger partial charge in [-0.3, -0.25) is 4.57 Å². The SMILES string of the molecule is CCOCCC1COCCN1OP(C)(=O)O. The molecule has 1 rings (SSSR count). The van der Waals surface area contributed by atoms with Crippen molar-refractivity contribution in [1.29, 1.82) is 0 Å². The fraction of sp³-hybridized carbons (Fsp3) is 1.00. The number of nitrogens with zero attached hydrogens (tertiary/aromatic N) is 1. The molecule has 7 heteroatoms. The molecule has 0 aliphatic carbocycles. The first kappa shape index (κ1) is 14.1. The molecule has 1 aliphatic rings. The molecule has 16 heavy (non-hydrogen) atoms. The van der Waals surface area contributed by atoms with Gasteiger partial charge in [-0.1, -0.05) is 0 Å². The summed E-state index contributed by atoms with van der Waals surface area (Å²) >= 11 is 0. The van der Waals surface area contributed by atoms with Gasteiger partial charge in [-0.2, -0.15) is 5.06 Å².